The lowest BCUT2D eigenvalue weighted by molar-refractivity contribution is 0.0908. The van der Waals surface area contributed by atoms with E-state index in [1.807, 2.05) is 24.3 Å². The van der Waals surface area contributed by atoms with E-state index in [1.165, 1.54) is 19.2 Å². The van der Waals surface area contributed by atoms with Gasteiger partial charge in [0.15, 0.2) is 5.76 Å². The van der Waals surface area contributed by atoms with Gasteiger partial charge in [0.05, 0.1) is 0 Å². The van der Waals surface area contributed by atoms with Crippen LogP contribution >= 0.6 is 11.6 Å². The molecule has 26 heavy (non-hydrogen) atoms. The lowest BCUT2D eigenvalue weighted by atomic mass is 9.76. The van der Waals surface area contributed by atoms with Crippen molar-refractivity contribution in [1.82, 2.24) is 10.0 Å². The number of hydrogen-bond donors (Lipinski definition) is 2. The first-order valence-electron chi connectivity index (χ1n) is 8.35. The predicted octanol–water partition coefficient (Wildman–Crippen LogP) is 3.33. The van der Waals surface area contributed by atoms with E-state index in [1.54, 1.807) is 0 Å². The van der Waals surface area contributed by atoms with Crippen LogP contribution in [0.15, 0.2) is 45.9 Å². The number of hydrogen-bond acceptors (Lipinski definition) is 4. The number of rotatable bonds is 8. The first-order chi connectivity index (χ1) is 12.3. The Bertz CT molecular complexity index is 856. The third kappa shape index (κ3) is 4.28. The summed E-state index contributed by atoms with van der Waals surface area (Å²) >= 11 is 5.97. The SMILES string of the molecule is CCC(CC)(CNC(=O)c1ccc(S(=O)(=O)NC)o1)c1ccc(Cl)cc1. The molecule has 0 unspecified atom stereocenters. The molecule has 8 heteroatoms. The maximum Gasteiger partial charge on any atom is 0.287 e. The van der Waals surface area contributed by atoms with Crippen LogP contribution in [-0.2, 0) is 15.4 Å². The summed E-state index contributed by atoms with van der Waals surface area (Å²) in [5, 5.41) is 3.23. The van der Waals surface area contributed by atoms with E-state index in [2.05, 4.69) is 23.9 Å². The molecule has 1 aromatic carbocycles. The lowest BCUT2D eigenvalue weighted by Crippen LogP contribution is -2.40. The first-order valence-corrected chi connectivity index (χ1v) is 10.2. The number of amides is 1. The molecule has 0 saturated carbocycles. The summed E-state index contributed by atoms with van der Waals surface area (Å²) < 4.78 is 30.7. The largest absolute Gasteiger partial charge is 0.438 e. The number of nitrogens with one attached hydrogen (secondary N) is 2. The van der Waals surface area contributed by atoms with Crippen molar-refractivity contribution in [2.75, 3.05) is 13.6 Å². The molecule has 0 aliphatic rings. The van der Waals surface area contributed by atoms with Crippen molar-refractivity contribution >= 4 is 27.5 Å². The number of furan rings is 1. The van der Waals surface area contributed by atoms with E-state index < -0.39 is 15.9 Å². The Morgan fingerprint density at radius 2 is 1.73 bits per heavy atom. The molecule has 0 fully saturated rings. The molecule has 0 aliphatic heterocycles. The Morgan fingerprint density at radius 1 is 1.12 bits per heavy atom. The van der Waals surface area contributed by atoms with E-state index >= 15 is 0 Å². The molecular formula is C18H23ClN2O4S. The van der Waals surface area contributed by atoms with Crippen LogP contribution in [0.3, 0.4) is 0 Å². The van der Waals surface area contributed by atoms with E-state index in [-0.39, 0.29) is 16.3 Å². The van der Waals surface area contributed by atoms with E-state index in [9.17, 15) is 13.2 Å². The maximum atomic E-state index is 12.4. The van der Waals surface area contributed by atoms with Crippen LogP contribution in [0.5, 0.6) is 0 Å². The minimum absolute atomic E-state index is 0.0453. The Kier molecular flexibility index (Phi) is 6.49. The van der Waals surface area contributed by atoms with Crippen molar-refractivity contribution in [1.29, 1.82) is 0 Å². The number of halogens is 1. The van der Waals surface area contributed by atoms with Crippen LogP contribution in [0.4, 0.5) is 0 Å². The smallest absolute Gasteiger partial charge is 0.287 e. The van der Waals surface area contributed by atoms with Crippen LogP contribution in [0, 0.1) is 0 Å². The van der Waals surface area contributed by atoms with Crippen molar-refractivity contribution < 1.29 is 17.6 Å². The Labute approximate surface area is 159 Å². The second-order valence-corrected chi connectivity index (χ2v) is 8.26. The summed E-state index contributed by atoms with van der Waals surface area (Å²) in [6.45, 7) is 4.53. The molecule has 6 nitrogen and oxygen atoms in total. The third-order valence-corrected chi connectivity index (χ3v) is 6.27. The first kappa shape index (κ1) is 20.5. The summed E-state index contributed by atoms with van der Waals surface area (Å²) in [5.74, 6) is -0.501. The summed E-state index contributed by atoms with van der Waals surface area (Å²) in [4.78, 5) is 12.4. The molecule has 0 atom stereocenters. The summed E-state index contributed by atoms with van der Waals surface area (Å²) in [6, 6.07) is 10.2. The zero-order valence-electron chi connectivity index (χ0n) is 15.0. The average Bonchev–Trinajstić information content (AvgIpc) is 3.15. The minimum Gasteiger partial charge on any atom is -0.438 e. The average molecular weight is 399 g/mol. The summed E-state index contributed by atoms with van der Waals surface area (Å²) in [6.07, 6.45) is 1.64. The van der Waals surface area contributed by atoms with E-state index in [0.717, 1.165) is 18.4 Å². The van der Waals surface area contributed by atoms with Gasteiger partial charge in [0.2, 0.25) is 5.09 Å². The summed E-state index contributed by atoms with van der Waals surface area (Å²) in [5.41, 5.74) is 0.845. The van der Waals surface area contributed by atoms with Gasteiger partial charge in [-0.05, 0) is 49.7 Å². The Balaban J connectivity index is 2.16. The molecule has 2 aromatic rings. The highest BCUT2D eigenvalue weighted by molar-refractivity contribution is 7.89. The van der Waals surface area contributed by atoms with Gasteiger partial charge in [0.1, 0.15) is 0 Å². The fraction of sp³-hybridized carbons (Fsp3) is 0.389. The highest BCUT2D eigenvalue weighted by atomic mass is 35.5. The van der Waals surface area contributed by atoms with Gasteiger partial charge in [0.25, 0.3) is 15.9 Å². The maximum absolute atomic E-state index is 12.4. The molecule has 1 heterocycles. The highest BCUT2D eigenvalue weighted by Gasteiger charge is 2.30. The third-order valence-electron chi connectivity index (χ3n) is 4.74. The Morgan fingerprint density at radius 3 is 2.27 bits per heavy atom. The van der Waals surface area contributed by atoms with Gasteiger partial charge >= 0.3 is 0 Å². The van der Waals surface area contributed by atoms with Crippen molar-refractivity contribution in [3.63, 3.8) is 0 Å². The zero-order valence-corrected chi connectivity index (χ0v) is 16.6. The molecule has 0 radical (unpaired) electrons. The molecule has 2 N–H and O–H groups in total. The van der Waals surface area contributed by atoms with Crippen LogP contribution in [-0.4, -0.2) is 27.9 Å². The number of carbonyl (C=O) groups is 1. The Hall–Kier alpha value is -1.83. The van der Waals surface area contributed by atoms with E-state index in [0.29, 0.717) is 11.6 Å². The second-order valence-electron chi connectivity index (χ2n) is 6.00. The topological polar surface area (TPSA) is 88.4 Å². The predicted molar refractivity (Wildman–Crippen MR) is 101 cm³/mol. The highest BCUT2D eigenvalue weighted by Crippen LogP contribution is 2.32. The van der Waals surface area contributed by atoms with Gasteiger partial charge in [-0.15, -0.1) is 0 Å². The van der Waals surface area contributed by atoms with Gasteiger partial charge < -0.3 is 9.73 Å². The van der Waals surface area contributed by atoms with Crippen molar-refractivity contribution in [2.45, 2.75) is 37.2 Å². The van der Waals surface area contributed by atoms with E-state index in [4.69, 9.17) is 16.0 Å². The minimum atomic E-state index is -3.72. The quantitative estimate of drug-likeness (QED) is 0.713. The fourth-order valence-electron chi connectivity index (χ4n) is 2.84. The molecule has 1 aromatic heterocycles. The van der Waals surface area contributed by atoms with Crippen LogP contribution in [0.2, 0.25) is 5.02 Å². The molecule has 142 valence electrons. The van der Waals surface area contributed by atoms with Crippen molar-refractivity contribution in [3.8, 4) is 0 Å². The summed E-state index contributed by atoms with van der Waals surface area (Å²) in [7, 11) is -2.44. The monoisotopic (exact) mass is 398 g/mol. The number of carbonyl (C=O) groups excluding carboxylic acids is 1. The zero-order chi connectivity index (χ0) is 19.4. The van der Waals surface area contributed by atoms with Gasteiger partial charge in [-0.1, -0.05) is 37.6 Å². The van der Waals surface area contributed by atoms with Gasteiger partial charge in [-0.25, -0.2) is 13.1 Å². The van der Waals surface area contributed by atoms with Crippen LogP contribution in [0.25, 0.3) is 0 Å². The van der Waals surface area contributed by atoms with Gasteiger partial charge in [-0.2, -0.15) is 0 Å². The van der Waals surface area contributed by atoms with Crippen molar-refractivity contribution in [3.05, 3.63) is 52.7 Å². The molecule has 0 saturated heterocycles. The molecular weight excluding hydrogens is 376 g/mol. The van der Waals surface area contributed by atoms with Gasteiger partial charge in [0, 0.05) is 17.0 Å². The molecule has 1 amide bonds. The number of benzene rings is 1. The molecule has 0 aliphatic carbocycles. The lowest BCUT2D eigenvalue weighted by Gasteiger charge is -2.32. The standard InChI is InChI=1S/C18H23ClN2O4S/c1-4-18(5-2,13-6-8-14(19)9-7-13)12-21-17(22)15-10-11-16(25-15)26(23,24)20-3/h6-11,20H,4-5,12H2,1-3H3,(H,21,22). The normalized spacial score (nSPS) is 12.2. The fourth-order valence-corrected chi connectivity index (χ4v) is 3.61. The molecule has 0 bridgehead atoms. The van der Waals surface area contributed by atoms with Crippen LogP contribution in [0.1, 0.15) is 42.8 Å². The van der Waals surface area contributed by atoms with Crippen LogP contribution < -0.4 is 10.0 Å². The number of sulfonamides is 1. The second kappa shape index (κ2) is 8.24. The molecule has 0 spiro atoms. The van der Waals surface area contributed by atoms with Crippen molar-refractivity contribution in [2.24, 2.45) is 0 Å². The van der Waals surface area contributed by atoms with Gasteiger partial charge in [-0.3, -0.25) is 4.79 Å². The molecule has 2 rings (SSSR count).